The standard InChI is InChI=1S/C28H40O7/c1-16-12-20-21(26(4)9-6-19(31)14-23(16)26)7-10-27(5)22(20)8-11-28(27,35-18(3)30)24(32)15-34-25(33)13-17(2)29/h14,16-17,20-22,29H,6-13,15H2,1-5H3/t16-,17?,20+,21-,22-,26+,27-,28-/m0/s1. The summed E-state index contributed by atoms with van der Waals surface area (Å²) in [5.41, 5.74) is -0.577. The van der Waals surface area contributed by atoms with Gasteiger partial charge in [-0.3, -0.25) is 19.2 Å². The third-order valence-electron chi connectivity index (χ3n) is 9.99. The number of aliphatic hydroxyl groups is 1. The van der Waals surface area contributed by atoms with Gasteiger partial charge >= 0.3 is 11.9 Å². The first-order valence-corrected chi connectivity index (χ1v) is 13.2. The van der Waals surface area contributed by atoms with E-state index < -0.39 is 35.7 Å². The van der Waals surface area contributed by atoms with Crippen LogP contribution < -0.4 is 0 Å². The van der Waals surface area contributed by atoms with Gasteiger partial charge in [-0.2, -0.15) is 0 Å². The molecule has 7 nitrogen and oxygen atoms in total. The Kier molecular flexibility index (Phi) is 6.80. The fourth-order valence-corrected chi connectivity index (χ4v) is 8.47. The Morgan fingerprint density at radius 3 is 2.49 bits per heavy atom. The quantitative estimate of drug-likeness (QED) is 0.564. The lowest BCUT2D eigenvalue weighted by atomic mass is 9.44. The lowest BCUT2D eigenvalue weighted by Gasteiger charge is -2.60. The number of Topliss-reactive ketones (excluding diaryl/α,β-unsaturated/α-hetero) is 1. The highest BCUT2D eigenvalue weighted by Crippen LogP contribution is 2.69. The van der Waals surface area contributed by atoms with Gasteiger partial charge in [0.05, 0.1) is 12.5 Å². The van der Waals surface area contributed by atoms with Crippen LogP contribution in [0.15, 0.2) is 11.6 Å². The highest BCUT2D eigenvalue weighted by atomic mass is 16.6. The fraction of sp³-hybridized carbons (Fsp3) is 0.786. The molecule has 7 heteroatoms. The largest absolute Gasteiger partial charge is 0.457 e. The van der Waals surface area contributed by atoms with Gasteiger partial charge in [-0.1, -0.05) is 26.3 Å². The van der Waals surface area contributed by atoms with Crippen LogP contribution in [-0.4, -0.2) is 46.9 Å². The Morgan fingerprint density at radius 1 is 1.14 bits per heavy atom. The smallest absolute Gasteiger partial charge is 0.308 e. The lowest BCUT2D eigenvalue weighted by Crippen LogP contribution is -2.60. The first-order valence-electron chi connectivity index (χ1n) is 13.2. The summed E-state index contributed by atoms with van der Waals surface area (Å²) >= 11 is 0. The number of hydrogen-bond donors (Lipinski definition) is 1. The molecule has 35 heavy (non-hydrogen) atoms. The summed E-state index contributed by atoms with van der Waals surface area (Å²) < 4.78 is 11.1. The number of fused-ring (bicyclic) bond motifs is 5. The number of hydrogen-bond acceptors (Lipinski definition) is 7. The molecule has 0 radical (unpaired) electrons. The SMILES string of the molecule is CC(=O)O[C@]1(C(=O)COC(=O)CC(C)O)CC[C@H]2[C@@H]3C[C@H](C)C4=CC(=O)CC[C@]4(C)[C@H]3CC[C@@]21C. The second-order valence-electron chi connectivity index (χ2n) is 12.0. The minimum absolute atomic E-state index is 0.00914. The molecule has 0 heterocycles. The number of ketones is 2. The van der Waals surface area contributed by atoms with Gasteiger partial charge < -0.3 is 14.6 Å². The van der Waals surface area contributed by atoms with Crippen molar-refractivity contribution in [1.29, 1.82) is 0 Å². The minimum Gasteiger partial charge on any atom is -0.457 e. The Hall–Kier alpha value is -2.02. The molecule has 4 aliphatic rings. The summed E-state index contributed by atoms with van der Waals surface area (Å²) in [6.45, 7) is 8.98. The zero-order chi connectivity index (χ0) is 25.8. The van der Waals surface area contributed by atoms with Gasteiger partial charge in [0, 0.05) is 18.8 Å². The molecule has 0 aromatic rings. The molecule has 0 aliphatic heterocycles. The molecule has 3 saturated carbocycles. The predicted octanol–water partition coefficient (Wildman–Crippen LogP) is 3.95. The van der Waals surface area contributed by atoms with E-state index in [2.05, 4.69) is 20.8 Å². The van der Waals surface area contributed by atoms with Crippen LogP contribution in [0, 0.1) is 34.5 Å². The summed E-state index contributed by atoms with van der Waals surface area (Å²) in [5, 5.41) is 9.44. The van der Waals surface area contributed by atoms with Crippen LogP contribution in [-0.2, 0) is 28.7 Å². The third kappa shape index (κ3) is 4.17. The van der Waals surface area contributed by atoms with Gasteiger partial charge in [-0.15, -0.1) is 0 Å². The molecule has 194 valence electrons. The van der Waals surface area contributed by atoms with E-state index in [0.717, 1.165) is 32.1 Å². The zero-order valence-corrected chi connectivity index (χ0v) is 21.7. The monoisotopic (exact) mass is 488 g/mol. The van der Waals surface area contributed by atoms with Gasteiger partial charge in [0.2, 0.25) is 5.78 Å². The van der Waals surface area contributed by atoms with Crippen LogP contribution >= 0.6 is 0 Å². The Balaban J connectivity index is 1.63. The summed E-state index contributed by atoms with van der Waals surface area (Å²) in [4.78, 5) is 50.1. The molecule has 1 unspecified atom stereocenters. The van der Waals surface area contributed by atoms with Crippen molar-refractivity contribution in [3.63, 3.8) is 0 Å². The highest BCUT2D eigenvalue weighted by molar-refractivity contribution is 5.93. The molecule has 4 rings (SSSR count). The van der Waals surface area contributed by atoms with E-state index in [1.54, 1.807) is 0 Å². The number of esters is 2. The van der Waals surface area contributed by atoms with E-state index in [1.165, 1.54) is 19.4 Å². The summed E-state index contributed by atoms with van der Waals surface area (Å²) in [5.74, 6) is 0.0331. The topological polar surface area (TPSA) is 107 Å². The van der Waals surface area contributed by atoms with Crippen LogP contribution in [0.4, 0.5) is 0 Å². The van der Waals surface area contributed by atoms with Crippen LogP contribution in [0.3, 0.4) is 0 Å². The van der Waals surface area contributed by atoms with Gasteiger partial charge in [-0.05, 0) is 80.6 Å². The van der Waals surface area contributed by atoms with Crippen molar-refractivity contribution in [1.82, 2.24) is 0 Å². The third-order valence-corrected chi connectivity index (χ3v) is 9.99. The first-order chi connectivity index (χ1) is 16.3. The average molecular weight is 489 g/mol. The van der Waals surface area contributed by atoms with E-state index in [0.29, 0.717) is 30.6 Å². The van der Waals surface area contributed by atoms with E-state index in [9.17, 15) is 24.3 Å². The van der Waals surface area contributed by atoms with Gasteiger partial charge in [0.15, 0.2) is 18.0 Å². The van der Waals surface area contributed by atoms with Gasteiger partial charge in [0.1, 0.15) is 0 Å². The van der Waals surface area contributed by atoms with Crippen LogP contribution in [0.1, 0.15) is 86.0 Å². The second-order valence-corrected chi connectivity index (χ2v) is 12.0. The summed E-state index contributed by atoms with van der Waals surface area (Å²) in [7, 11) is 0. The maximum atomic E-state index is 13.6. The summed E-state index contributed by atoms with van der Waals surface area (Å²) in [6.07, 6.45) is 6.14. The lowest BCUT2D eigenvalue weighted by molar-refractivity contribution is -0.191. The van der Waals surface area contributed by atoms with E-state index in [4.69, 9.17) is 9.47 Å². The molecule has 1 N–H and O–H groups in total. The molecule has 0 aromatic carbocycles. The number of allylic oxidation sites excluding steroid dienone is 1. The molecule has 0 bridgehead atoms. The average Bonchev–Trinajstić information content (AvgIpc) is 3.06. The van der Waals surface area contributed by atoms with Crippen molar-refractivity contribution in [3.05, 3.63) is 11.6 Å². The van der Waals surface area contributed by atoms with Crippen LogP contribution in [0.2, 0.25) is 0 Å². The Labute approximate surface area is 208 Å². The molecule has 0 amide bonds. The second kappa shape index (κ2) is 9.13. The maximum Gasteiger partial charge on any atom is 0.308 e. The molecule has 0 saturated heterocycles. The highest BCUT2D eigenvalue weighted by Gasteiger charge is 2.69. The molecule has 0 aromatic heterocycles. The number of aliphatic hydroxyl groups excluding tert-OH is 1. The van der Waals surface area contributed by atoms with E-state index >= 15 is 0 Å². The van der Waals surface area contributed by atoms with Crippen molar-refractivity contribution in [2.24, 2.45) is 34.5 Å². The molecular weight excluding hydrogens is 448 g/mol. The molecule has 4 aliphatic carbocycles. The predicted molar refractivity (Wildman–Crippen MR) is 128 cm³/mol. The van der Waals surface area contributed by atoms with Crippen LogP contribution in [0.5, 0.6) is 0 Å². The normalized spacial score (nSPS) is 41.1. The fourth-order valence-electron chi connectivity index (χ4n) is 8.47. The molecular formula is C28H40O7. The van der Waals surface area contributed by atoms with E-state index in [1.807, 2.05) is 6.08 Å². The number of carbonyl (C=O) groups is 4. The maximum absolute atomic E-state index is 13.6. The number of rotatable bonds is 6. The Bertz CT molecular complexity index is 951. The van der Waals surface area contributed by atoms with Crippen molar-refractivity contribution in [2.45, 2.75) is 97.7 Å². The van der Waals surface area contributed by atoms with Crippen molar-refractivity contribution in [3.8, 4) is 0 Å². The van der Waals surface area contributed by atoms with Crippen LogP contribution in [0.25, 0.3) is 0 Å². The van der Waals surface area contributed by atoms with Gasteiger partial charge in [0.25, 0.3) is 0 Å². The number of ether oxygens (including phenoxy) is 2. The first kappa shape index (κ1) is 26.1. The van der Waals surface area contributed by atoms with Crippen molar-refractivity contribution < 1.29 is 33.8 Å². The zero-order valence-electron chi connectivity index (χ0n) is 21.7. The molecule has 8 atom stereocenters. The minimum atomic E-state index is -1.32. The summed E-state index contributed by atoms with van der Waals surface area (Å²) in [6, 6.07) is 0. The molecule has 0 spiro atoms. The molecule has 3 fully saturated rings. The van der Waals surface area contributed by atoms with Crippen molar-refractivity contribution >= 4 is 23.5 Å². The number of carbonyl (C=O) groups excluding carboxylic acids is 4. The van der Waals surface area contributed by atoms with Gasteiger partial charge in [-0.25, -0.2) is 0 Å². The van der Waals surface area contributed by atoms with Crippen molar-refractivity contribution in [2.75, 3.05) is 6.61 Å². The van der Waals surface area contributed by atoms with E-state index in [-0.39, 0.29) is 29.3 Å². The Morgan fingerprint density at radius 2 is 1.83 bits per heavy atom.